The van der Waals surface area contributed by atoms with Crippen molar-refractivity contribution in [1.82, 2.24) is 0 Å². The summed E-state index contributed by atoms with van der Waals surface area (Å²) in [6.07, 6.45) is -0.155. The number of amides is 2. The Bertz CT molecular complexity index is 1020. The number of hydrogen-bond acceptors (Lipinski definition) is 3. The maximum absolute atomic E-state index is 14.3. The topological polar surface area (TPSA) is 54.5 Å². The van der Waals surface area contributed by atoms with Gasteiger partial charge in [-0.15, -0.1) is 0 Å². The Morgan fingerprint density at radius 2 is 1.29 bits per heavy atom. The Kier molecular flexibility index (Phi) is 4.70. The van der Waals surface area contributed by atoms with Gasteiger partial charge in [-0.25, -0.2) is 9.29 Å². The van der Waals surface area contributed by atoms with Gasteiger partial charge in [-0.3, -0.25) is 9.59 Å². The average Bonchev–Trinajstić information content (AvgIpc) is 3.04. The van der Waals surface area contributed by atoms with Crippen LogP contribution in [-0.2, 0) is 14.2 Å². The van der Waals surface area contributed by atoms with E-state index in [1.165, 1.54) is 24.3 Å². The molecule has 1 unspecified atom stereocenters. The monoisotopic (exact) mass is 393 g/mol. The van der Waals surface area contributed by atoms with Crippen molar-refractivity contribution >= 4 is 35.3 Å². The summed E-state index contributed by atoms with van der Waals surface area (Å²) in [5, 5.41) is 1.07. The first-order chi connectivity index (χ1) is 13.5. The first-order valence-electron chi connectivity index (χ1n) is 8.85. The fraction of sp³-hybridized carbons (Fsp3) is 0.0909. The highest BCUT2D eigenvalue weighted by molar-refractivity contribution is 7.80. The van der Waals surface area contributed by atoms with E-state index in [1.807, 2.05) is 12.1 Å². The van der Waals surface area contributed by atoms with Crippen molar-refractivity contribution < 1.29 is 18.5 Å². The largest absolute Gasteiger partial charge is 0.313 e. The van der Waals surface area contributed by atoms with Crippen molar-refractivity contribution in [3.05, 3.63) is 90.7 Å². The second-order valence-electron chi connectivity index (χ2n) is 6.59. The molecule has 28 heavy (non-hydrogen) atoms. The van der Waals surface area contributed by atoms with Crippen LogP contribution in [0.4, 0.5) is 10.1 Å². The summed E-state index contributed by atoms with van der Waals surface area (Å²) in [5.74, 6) is -1.42. The van der Waals surface area contributed by atoms with Gasteiger partial charge >= 0.3 is 0 Å². The lowest BCUT2D eigenvalue weighted by Gasteiger charge is -2.24. The molecule has 3 aromatic carbocycles. The lowest BCUT2D eigenvalue weighted by Crippen LogP contribution is -2.35. The van der Waals surface area contributed by atoms with Crippen LogP contribution >= 0.6 is 7.14 Å². The molecule has 3 aromatic rings. The van der Waals surface area contributed by atoms with E-state index >= 15 is 0 Å². The lowest BCUT2D eigenvalue weighted by molar-refractivity contribution is -0.121. The van der Waals surface area contributed by atoms with Gasteiger partial charge in [-0.05, 0) is 24.3 Å². The first kappa shape index (κ1) is 18.3. The zero-order valence-corrected chi connectivity index (χ0v) is 15.8. The van der Waals surface area contributed by atoms with Gasteiger partial charge in [0.1, 0.15) is 11.5 Å². The van der Waals surface area contributed by atoms with Crippen molar-refractivity contribution in [3.63, 3.8) is 0 Å². The average molecular weight is 393 g/mol. The van der Waals surface area contributed by atoms with Gasteiger partial charge in [0.25, 0.3) is 0 Å². The molecule has 1 aliphatic heterocycles. The van der Waals surface area contributed by atoms with Gasteiger partial charge in [-0.1, -0.05) is 60.7 Å². The number of benzene rings is 3. The fourth-order valence-corrected chi connectivity index (χ4v) is 6.66. The molecule has 1 heterocycles. The molecule has 140 valence electrons. The molecule has 0 spiro atoms. The van der Waals surface area contributed by atoms with Gasteiger partial charge in [0.15, 0.2) is 7.14 Å². The Balaban J connectivity index is 1.82. The van der Waals surface area contributed by atoms with Crippen molar-refractivity contribution in [2.24, 2.45) is 0 Å². The molecule has 0 radical (unpaired) electrons. The van der Waals surface area contributed by atoms with Gasteiger partial charge < -0.3 is 4.57 Å². The van der Waals surface area contributed by atoms with Crippen LogP contribution in [0.5, 0.6) is 0 Å². The minimum Gasteiger partial charge on any atom is -0.313 e. The molecule has 1 atom stereocenters. The van der Waals surface area contributed by atoms with E-state index in [4.69, 9.17) is 0 Å². The quantitative estimate of drug-likeness (QED) is 0.504. The predicted molar refractivity (Wildman–Crippen MR) is 107 cm³/mol. The Morgan fingerprint density at radius 3 is 1.79 bits per heavy atom. The Hall–Kier alpha value is -3.04. The molecule has 4 nitrogen and oxygen atoms in total. The third kappa shape index (κ3) is 2.98. The molecular formula is C22H17FNO3P. The Morgan fingerprint density at radius 1 is 0.786 bits per heavy atom. The number of halogens is 1. The van der Waals surface area contributed by atoms with E-state index in [1.54, 1.807) is 48.5 Å². The molecular weight excluding hydrogens is 376 g/mol. The summed E-state index contributed by atoms with van der Waals surface area (Å²) in [6, 6.07) is 22.7. The summed E-state index contributed by atoms with van der Waals surface area (Å²) in [7, 11) is -3.42. The normalized spacial score (nSPS) is 17.2. The first-order valence-corrected chi connectivity index (χ1v) is 10.6. The number of nitrogens with zero attached hydrogens (tertiary/aromatic N) is 1. The summed E-state index contributed by atoms with van der Waals surface area (Å²) in [4.78, 5) is 26.9. The fourth-order valence-electron chi connectivity index (χ4n) is 3.57. The summed E-state index contributed by atoms with van der Waals surface area (Å²) >= 11 is 0. The molecule has 0 aromatic heterocycles. The highest BCUT2D eigenvalue weighted by Crippen LogP contribution is 2.53. The van der Waals surface area contributed by atoms with E-state index in [2.05, 4.69) is 0 Å². The van der Waals surface area contributed by atoms with Crippen molar-refractivity contribution in [3.8, 4) is 0 Å². The van der Waals surface area contributed by atoms with E-state index < -0.39 is 30.4 Å². The van der Waals surface area contributed by atoms with E-state index in [0.717, 1.165) is 4.90 Å². The molecule has 0 N–H and O–H groups in total. The molecule has 0 aliphatic carbocycles. The standard InChI is InChI=1S/C22H17FNO3P/c23-16-11-13-17(14-12-16)24-21(25)15-20(22(24)26)28(27,18-7-3-1-4-8-18)19-9-5-2-6-10-19/h1-14,20H,15H2. The number of carbonyl (C=O) groups excluding carboxylic acids is 2. The van der Waals surface area contributed by atoms with E-state index in [9.17, 15) is 18.5 Å². The molecule has 0 saturated carbocycles. The maximum atomic E-state index is 14.3. The molecule has 2 amide bonds. The third-order valence-electron chi connectivity index (χ3n) is 4.93. The zero-order chi connectivity index (χ0) is 19.7. The number of anilines is 1. The van der Waals surface area contributed by atoms with Crippen LogP contribution in [0.25, 0.3) is 0 Å². The van der Waals surface area contributed by atoms with Crippen LogP contribution in [0.3, 0.4) is 0 Å². The van der Waals surface area contributed by atoms with Crippen LogP contribution in [-0.4, -0.2) is 17.5 Å². The maximum Gasteiger partial charge on any atom is 0.245 e. The highest BCUT2D eigenvalue weighted by atomic mass is 31.2. The number of rotatable bonds is 4. The van der Waals surface area contributed by atoms with Crippen LogP contribution in [0.2, 0.25) is 0 Å². The molecule has 1 fully saturated rings. The third-order valence-corrected chi connectivity index (χ3v) is 8.34. The molecule has 1 saturated heterocycles. The van der Waals surface area contributed by atoms with Gasteiger partial charge in [0.05, 0.1) is 5.69 Å². The van der Waals surface area contributed by atoms with Gasteiger partial charge in [0, 0.05) is 17.0 Å². The van der Waals surface area contributed by atoms with Crippen LogP contribution in [0, 0.1) is 5.82 Å². The van der Waals surface area contributed by atoms with Crippen molar-refractivity contribution in [2.75, 3.05) is 4.90 Å². The van der Waals surface area contributed by atoms with Crippen LogP contribution in [0.15, 0.2) is 84.9 Å². The van der Waals surface area contributed by atoms with Crippen LogP contribution < -0.4 is 15.5 Å². The summed E-state index contributed by atoms with van der Waals surface area (Å²) in [6.45, 7) is 0. The SMILES string of the molecule is O=C1CC(P(=O)(c2ccccc2)c2ccccc2)C(=O)N1c1ccc(F)cc1. The van der Waals surface area contributed by atoms with Gasteiger partial charge in [0.2, 0.25) is 11.8 Å². The molecule has 4 rings (SSSR count). The van der Waals surface area contributed by atoms with E-state index in [0.29, 0.717) is 10.6 Å². The minimum absolute atomic E-state index is 0.155. The smallest absolute Gasteiger partial charge is 0.245 e. The van der Waals surface area contributed by atoms with Crippen molar-refractivity contribution in [2.45, 2.75) is 12.1 Å². The van der Waals surface area contributed by atoms with Gasteiger partial charge in [-0.2, -0.15) is 0 Å². The molecule has 1 aliphatic rings. The summed E-state index contributed by atoms with van der Waals surface area (Å²) < 4.78 is 27.6. The number of hydrogen-bond donors (Lipinski definition) is 0. The van der Waals surface area contributed by atoms with E-state index in [-0.39, 0.29) is 12.1 Å². The van der Waals surface area contributed by atoms with Crippen molar-refractivity contribution in [1.29, 1.82) is 0 Å². The lowest BCUT2D eigenvalue weighted by atomic mass is 10.3. The number of carbonyl (C=O) groups is 2. The second kappa shape index (κ2) is 7.17. The predicted octanol–water partition coefficient (Wildman–Crippen LogP) is 3.47. The van der Waals surface area contributed by atoms with Crippen LogP contribution in [0.1, 0.15) is 6.42 Å². The zero-order valence-electron chi connectivity index (χ0n) is 14.9. The minimum atomic E-state index is -3.42. The molecule has 6 heteroatoms. The second-order valence-corrected chi connectivity index (χ2v) is 9.56. The number of imide groups is 1. The Labute approximate surface area is 162 Å². The molecule has 0 bridgehead atoms. The summed E-state index contributed by atoms with van der Waals surface area (Å²) in [5.41, 5.74) is -0.707. The highest BCUT2D eigenvalue weighted by Gasteiger charge is 2.50.